The molecule has 0 fully saturated rings. The van der Waals surface area contributed by atoms with Gasteiger partial charge in [0.05, 0.1) is 11.0 Å². The van der Waals surface area contributed by atoms with Gasteiger partial charge in [-0.15, -0.1) is 0 Å². The van der Waals surface area contributed by atoms with Crippen LogP contribution in [0.5, 0.6) is 0 Å². The Bertz CT molecular complexity index is 582. The Morgan fingerprint density at radius 1 is 1.38 bits per heavy atom. The summed E-state index contributed by atoms with van der Waals surface area (Å²) < 4.78 is 0. The number of benzene rings is 1. The molecule has 1 atom stereocenters. The fourth-order valence-corrected chi connectivity index (χ4v) is 1.71. The van der Waals surface area contributed by atoms with Gasteiger partial charge in [0.2, 0.25) is 0 Å². The molecule has 16 heavy (non-hydrogen) atoms. The van der Waals surface area contributed by atoms with Crippen molar-refractivity contribution in [2.45, 2.75) is 19.4 Å². The number of hydrogen-bond acceptors (Lipinski definition) is 3. The molecule has 5 nitrogen and oxygen atoms in total. The molecule has 0 saturated carbocycles. The maximum Gasteiger partial charge on any atom is 0.323 e. The van der Waals surface area contributed by atoms with Gasteiger partial charge in [0.1, 0.15) is 5.78 Å². The molecule has 0 radical (unpaired) electrons. The van der Waals surface area contributed by atoms with Gasteiger partial charge in [0.15, 0.2) is 0 Å². The number of H-pyrrole nitrogens is 2. The molecule has 0 aliphatic rings. The van der Waals surface area contributed by atoms with Crippen LogP contribution in [-0.4, -0.2) is 15.8 Å². The highest BCUT2D eigenvalue weighted by Gasteiger charge is 2.09. The van der Waals surface area contributed by atoms with Crippen LogP contribution in [-0.2, 0) is 4.79 Å². The fourth-order valence-electron chi connectivity index (χ4n) is 1.71. The van der Waals surface area contributed by atoms with Gasteiger partial charge < -0.3 is 15.7 Å². The number of nitrogens with one attached hydrogen (secondary N) is 2. The average Bonchev–Trinajstić information content (AvgIpc) is 2.55. The zero-order valence-electron chi connectivity index (χ0n) is 8.91. The highest BCUT2D eigenvalue weighted by molar-refractivity contribution is 5.78. The van der Waals surface area contributed by atoms with Crippen molar-refractivity contribution < 1.29 is 4.79 Å². The third kappa shape index (κ3) is 2.04. The first-order valence-electron chi connectivity index (χ1n) is 5.03. The summed E-state index contributed by atoms with van der Waals surface area (Å²) in [7, 11) is 0. The summed E-state index contributed by atoms with van der Waals surface area (Å²) in [6, 6.07) is 5.07. The Balaban J connectivity index is 2.38. The molecule has 0 amide bonds. The lowest BCUT2D eigenvalue weighted by Gasteiger charge is -2.09. The summed E-state index contributed by atoms with van der Waals surface area (Å²) in [6.45, 7) is 1.51. The van der Waals surface area contributed by atoms with Gasteiger partial charge in [-0.3, -0.25) is 4.79 Å². The number of hydrogen-bond donors (Lipinski definition) is 3. The molecule has 0 bridgehead atoms. The molecule has 0 spiro atoms. The van der Waals surface area contributed by atoms with Crippen LogP contribution in [0.25, 0.3) is 11.0 Å². The minimum atomic E-state index is -0.319. The zero-order chi connectivity index (χ0) is 11.7. The average molecular weight is 219 g/mol. The molecule has 1 heterocycles. The number of imidazole rings is 1. The lowest BCUT2D eigenvalue weighted by molar-refractivity contribution is -0.117. The van der Waals surface area contributed by atoms with Gasteiger partial charge in [-0.25, -0.2) is 4.79 Å². The third-order valence-electron chi connectivity index (χ3n) is 2.48. The van der Waals surface area contributed by atoms with E-state index >= 15 is 0 Å². The summed E-state index contributed by atoms with van der Waals surface area (Å²) in [5, 5.41) is 0. The summed E-state index contributed by atoms with van der Waals surface area (Å²) in [5.41, 5.74) is 7.92. The van der Waals surface area contributed by atoms with Crippen molar-refractivity contribution in [1.82, 2.24) is 9.97 Å². The first-order valence-corrected chi connectivity index (χ1v) is 5.03. The first-order chi connectivity index (χ1) is 7.56. The molecule has 2 rings (SSSR count). The SMILES string of the molecule is CC(=O)CC(N)c1ccc2[nH]c(=O)[nH]c2c1. The Hall–Kier alpha value is -1.88. The predicted molar refractivity (Wildman–Crippen MR) is 61.1 cm³/mol. The number of carbonyl (C=O) groups is 1. The number of Topliss-reactive ketones (excluding diaryl/α,β-unsaturated/α-hetero) is 1. The van der Waals surface area contributed by atoms with E-state index in [-0.39, 0.29) is 17.5 Å². The highest BCUT2D eigenvalue weighted by atomic mass is 16.1. The third-order valence-corrected chi connectivity index (χ3v) is 2.48. The lowest BCUT2D eigenvalue weighted by atomic mass is 10.0. The largest absolute Gasteiger partial charge is 0.324 e. The predicted octanol–water partition coefficient (Wildman–Crippen LogP) is 0.835. The number of fused-ring (bicyclic) bond motifs is 1. The minimum absolute atomic E-state index is 0.0511. The number of nitrogens with two attached hydrogens (primary N) is 1. The van der Waals surface area contributed by atoms with Crippen molar-refractivity contribution in [3.05, 3.63) is 34.2 Å². The number of aromatic amines is 2. The van der Waals surface area contributed by atoms with E-state index in [2.05, 4.69) is 9.97 Å². The summed E-state index contributed by atoms with van der Waals surface area (Å²) in [5.74, 6) is 0.0511. The van der Waals surface area contributed by atoms with Crippen LogP contribution in [0.15, 0.2) is 23.0 Å². The van der Waals surface area contributed by atoms with E-state index in [0.29, 0.717) is 11.9 Å². The molecular formula is C11H13N3O2. The van der Waals surface area contributed by atoms with Gasteiger partial charge in [0.25, 0.3) is 0 Å². The second kappa shape index (κ2) is 3.94. The van der Waals surface area contributed by atoms with E-state index in [0.717, 1.165) is 11.1 Å². The molecular weight excluding hydrogens is 206 g/mol. The fraction of sp³-hybridized carbons (Fsp3) is 0.273. The second-order valence-corrected chi connectivity index (χ2v) is 3.90. The van der Waals surface area contributed by atoms with Gasteiger partial charge in [-0.1, -0.05) is 6.07 Å². The van der Waals surface area contributed by atoms with E-state index in [9.17, 15) is 9.59 Å². The van der Waals surface area contributed by atoms with Crippen LogP contribution in [0.1, 0.15) is 24.9 Å². The van der Waals surface area contributed by atoms with E-state index in [4.69, 9.17) is 5.73 Å². The molecule has 0 aliphatic heterocycles. The number of rotatable bonds is 3. The molecule has 2 aromatic rings. The van der Waals surface area contributed by atoms with Gasteiger partial charge >= 0.3 is 5.69 Å². The number of carbonyl (C=O) groups excluding carboxylic acids is 1. The van der Waals surface area contributed by atoms with Gasteiger partial charge in [-0.05, 0) is 24.6 Å². The first kappa shape index (κ1) is 10.6. The number of aromatic nitrogens is 2. The van der Waals surface area contributed by atoms with E-state index in [1.165, 1.54) is 6.92 Å². The maximum atomic E-state index is 11.1. The summed E-state index contributed by atoms with van der Waals surface area (Å²) >= 11 is 0. The van der Waals surface area contributed by atoms with Gasteiger partial charge in [-0.2, -0.15) is 0 Å². The van der Waals surface area contributed by atoms with Crippen LogP contribution in [0, 0.1) is 0 Å². The summed E-state index contributed by atoms with van der Waals surface area (Å²) in [4.78, 5) is 27.3. The van der Waals surface area contributed by atoms with Crippen molar-refractivity contribution in [2.24, 2.45) is 5.73 Å². The highest BCUT2D eigenvalue weighted by Crippen LogP contribution is 2.18. The normalized spacial score (nSPS) is 12.9. The second-order valence-electron chi connectivity index (χ2n) is 3.90. The van der Waals surface area contributed by atoms with Crippen molar-refractivity contribution in [3.8, 4) is 0 Å². The Morgan fingerprint density at radius 3 is 2.75 bits per heavy atom. The molecule has 84 valence electrons. The Labute approximate surface area is 91.7 Å². The van der Waals surface area contributed by atoms with E-state index in [1.807, 2.05) is 6.07 Å². The van der Waals surface area contributed by atoms with E-state index in [1.54, 1.807) is 12.1 Å². The minimum Gasteiger partial charge on any atom is -0.324 e. The monoisotopic (exact) mass is 219 g/mol. The number of ketones is 1. The smallest absolute Gasteiger partial charge is 0.323 e. The summed E-state index contributed by atoms with van der Waals surface area (Å²) in [6.07, 6.45) is 0.306. The molecule has 1 aromatic carbocycles. The molecule has 0 saturated heterocycles. The Kier molecular flexibility index (Phi) is 2.62. The standard InChI is InChI=1S/C11H13N3O2/c1-6(15)4-8(12)7-2-3-9-10(5-7)14-11(16)13-9/h2-3,5,8H,4,12H2,1H3,(H2,13,14,16). The molecule has 1 unspecified atom stereocenters. The van der Waals surface area contributed by atoms with Crippen molar-refractivity contribution in [1.29, 1.82) is 0 Å². The zero-order valence-corrected chi connectivity index (χ0v) is 8.91. The van der Waals surface area contributed by atoms with E-state index < -0.39 is 0 Å². The lowest BCUT2D eigenvalue weighted by Crippen LogP contribution is -2.13. The molecule has 4 N–H and O–H groups in total. The molecule has 5 heteroatoms. The van der Waals surface area contributed by atoms with Crippen molar-refractivity contribution in [3.63, 3.8) is 0 Å². The van der Waals surface area contributed by atoms with Gasteiger partial charge in [0, 0.05) is 12.5 Å². The maximum absolute atomic E-state index is 11.1. The van der Waals surface area contributed by atoms with Crippen molar-refractivity contribution in [2.75, 3.05) is 0 Å². The molecule has 0 aliphatic carbocycles. The Morgan fingerprint density at radius 2 is 2.06 bits per heavy atom. The van der Waals surface area contributed by atoms with Crippen molar-refractivity contribution >= 4 is 16.8 Å². The topological polar surface area (TPSA) is 91.7 Å². The van der Waals surface area contributed by atoms with Crippen LogP contribution in [0.4, 0.5) is 0 Å². The van der Waals surface area contributed by atoms with Crippen LogP contribution in [0.2, 0.25) is 0 Å². The van der Waals surface area contributed by atoms with Crippen LogP contribution >= 0.6 is 0 Å². The van der Waals surface area contributed by atoms with Crippen LogP contribution in [0.3, 0.4) is 0 Å². The van der Waals surface area contributed by atoms with Crippen LogP contribution < -0.4 is 11.4 Å². The quantitative estimate of drug-likeness (QED) is 0.714. The molecule has 1 aromatic heterocycles.